The van der Waals surface area contributed by atoms with Gasteiger partial charge in [-0.05, 0) is 63.3 Å². The highest BCUT2D eigenvalue weighted by Gasteiger charge is 2.21. The van der Waals surface area contributed by atoms with Crippen LogP contribution in [0.1, 0.15) is 47.8 Å². The highest BCUT2D eigenvalue weighted by molar-refractivity contribution is 8.00. The molecule has 0 radical (unpaired) electrons. The number of hydrogen-bond donors (Lipinski definition) is 2. The van der Waals surface area contributed by atoms with Gasteiger partial charge in [0.25, 0.3) is 0 Å². The third-order valence-electron chi connectivity index (χ3n) is 4.91. The Bertz CT molecular complexity index is 954. The largest absolute Gasteiger partial charge is 0.396 e. The molecule has 0 saturated heterocycles. The summed E-state index contributed by atoms with van der Waals surface area (Å²) < 4.78 is 1.67. The topological polar surface area (TPSA) is 101 Å². The molecule has 1 aliphatic rings. The summed E-state index contributed by atoms with van der Waals surface area (Å²) in [4.78, 5) is 40.3. The Kier molecular flexibility index (Phi) is 7.22. The lowest BCUT2D eigenvalue weighted by atomic mass is 9.97. The molecule has 0 fully saturated rings. The molecule has 1 heterocycles. The minimum atomic E-state index is -0.318. The number of benzene rings is 1. The van der Waals surface area contributed by atoms with Gasteiger partial charge in [-0.1, -0.05) is 11.8 Å². The van der Waals surface area contributed by atoms with Gasteiger partial charge in [0.2, 0.25) is 5.91 Å². The van der Waals surface area contributed by atoms with E-state index in [1.807, 2.05) is 0 Å². The van der Waals surface area contributed by atoms with E-state index in [0.717, 1.165) is 36.9 Å². The third kappa shape index (κ3) is 5.33. The van der Waals surface area contributed by atoms with Gasteiger partial charge in [0.1, 0.15) is 5.03 Å². The maximum atomic E-state index is 12.5. The molecule has 0 atom stereocenters. The summed E-state index contributed by atoms with van der Waals surface area (Å²) in [6, 6.07) is 6.74. The first-order valence-corrected chi connectivity index (χ1v) is 10.7. The molecule has 7 nitrogen and oxygen atoms in total. The number of carbonyl (C=O) groups is 2. The summed E-state index contributed by atoms with van der Waals surface area (Å²) in [7, 11) is 0. The molecule has 1 aliphatic carbocycles. The van der Waals surface area contributed by atoms with Crippen molar-refractivity contribution in [2.75, 3.05) is 17.7 Å². The standard InChI is InChI=1S/C21H25N3O4S/c1-14(26)15-7-9-16(10-8-15)22-19(27)13-29-20-17-5-2-3-6-18(17)24(11-4-12-25)21(28)23-20/h7-10,25H,2-6,11-13H2,1H3,(H,22,27). The number of anilines is 1. The van der Waals surface area contributed by atoms with Crippen molar-refractivity contribution in [1.29, 1.82) is 0 Å². The molecule has 0 bridgehead atoms. The van der Waals surface area contributed by atoms with E-state index in [9.17, 15) is 14.4 Å². The Morgan fingerprint density at radius 2 is 1.93 bits per heavy atom. The molecule has 29 heavy (non-hydrogen) atoms. The van der Waals surface area contributed by atoms with Crippen molar-refractivity contribution in [3.63, 3.8) is 0 Å². The molecule has 3 rings (SSSR count). The third-order valence-corrected chi connectivity index (χ3v) is 5.92. The number of thioether (sulfide) groups is 1. The van der Waals surface area contributed by atoms with Crippen LogP contribution in [-0.4, -0.2) is 38.7 Å². The molecule has 1 aromatic heterocycles. The number of nitrogens with one attached hydrogen (secondary N) is 1. The van der Waals surface area contributed by atoms with Crippen molar-refractivity contribution in [1.82, 2.24) is 9.55 Å². The second-order valence-corrected chi connectivity index (χ2v) is 8.00. The average Bonchev–Trinajstić information content (AvgIpc) is 2.72. The summed E-state index contributed by atoms with van der Waals surface area (Å²) in [6.45, 7) is 1.99. The molecule has 2 aromatic rings. The summed E-state index contributed by atoms with van der Waals surface area (Å²) in [5.74, 6) is -0.0713. The molecular weight excluding hydrogens is 390 g/mol. The molecule has 0 spiro atoms. The monoisotopic (exact) mass is 415 g/mol. The zero-order chi connectivity index (χ0) is 20.8. The number of fused-ring (bicyclic) bond motifs is 1. The SMILES string of the molecule is CC(=O)c1ccc(NC(=O)CSc2nc(=O)n(CCCO)c3c2CCCC3)cc1. The van der Waals surface area contributed by atoms with E-state index in [-0.39, 0.29) is 29.7 Å². The molecule has 0 aliphatic heterocycles. The minimum Gasteiger partial charge on any atom is -0.396 e. The second-order valence-electron chi connectivity index (χ2n) is 7.03. The number of ketones is 1. The number of rotatable bonds is 8. The first-order valence-electron chi connectivity index (χ1n) is 9.76. The Labute approximate surface area is 173 Å². The number of amides is 1. The van der Waals surface area contributed by atoms with Crippen LogP contribution in [-0.2, 0) is 24.2 Å². The van der Waals surface area contributed by atoms with Crippen LogP contribution < -0.4 is 11.0 Å². The molecule has 1 aromatic carbocycles. The van der Waals surface area contributed by atoms with Gasteiger partial charge < -0.3 is 10.4 Å². The summed E-state index contributed by atoms with van der Waals surface area (Å²) in [6.07, 6.45) is 4.25. The second kappa shape index (κ2) is 9.84. The Balaban J connectivity index is 1.69. The first-order chi connectivity index (χ1) is 14.0. The predicted molar refractivity (Wildman–Crippen MR) is 113 cm³/mol. The van der Waals surface area contributed by atoms with Crippen molar-refractivity contribution in [2.45, 2.75) is 50.6 Å². The molecule has 0 unspecified atom stereocenters. The average molecular weight is 416 g/mol. The van der Waals surface area contributed by atoms with Crippen LogP contribution in [0.2, 0.25) is 0 Å². The van der Waals surface area contributed by atoms with Gasteiger partial charge in [0.05, 0.1) is 5.75 Å². The first kappa shape index (κ1) is 21.3. The van der Waals surface area contributed by atoms with Crippen LogP contribution in [0.3, 0.4) is 0 Å². The van der Waals surface area contributed by atoms with E-state index >= 15 is 0 Å². The number of Topliss-reactive ketones (excluding diaryl/α,β-unsaturated/α-hetero) is 1. The fourth-order valence-corrected chi connectivity index (χ4v) is 4.32. The van der Waals surface area contributed by atoms with Crippen molar-refractivity contribution in [3.8, 4) is 0 Å². The molecule has 8 heteroatoms. The van der Waals surface area contributed by atoms with Crippen LogP contribution in [0, 0.1) is 0 Å². The van der Waals surface area contributed by atoms with Gasteiger partial charge in [0.15, 0.2) is 5.78 Å². The van der Waals surface area contributed by atoms with Crippen molar-refractivity contribution < 1.29 is 14.7 Å². The zero-order valence-corrected chi connectivity index (χ0v) is 17.3. The van der Waals surface area contributed by atoms with Crippen LogP contribution in [0.25, 0.3) is 0 Å². The Hall–Kier alpha value is -2.45. The summed E-state index contributed by atoms with van der Waals surface area (Å²) in [5.41, 5.74) is 2.94. The smallest absolute Gasteiger partial charge is 0.348 e. The number of aliphatic hydroxyl groups is 1. The summed E-state index contributed by atoms with van der Waals surface area (Å²) >= 11 is 1.28. The zero-order valence-electron chi connectivity index (χ0n) is 16.4. The van der Waals surface area contributed by atoms with Gasteiger partial charge in [0, 0.05) is 35.7 Å². The van der Waals surface area contributed by atoms with Gasteiger partial charge in [-0.15, -0.1) is 0 Å². The number of carbonyl (C=O) groups excluding carboxylic acids is 2. The van der Waals surface area contributed by atoms with Crippen LogP contribution in [0.4, 0.5) is 5.69 Å². The van der Waals surface area contributed by atoms with E-state index in [2.05, 4.69) is 10.3 Å². The molecule has 1 amide bonds. The van der Waals surface area contributed by atoms with E-state index in [1.165, 1.54) is 18.7 Å². The Morgan fingerprint density at radius 1 is 1.21 bits per heavy atom. The van der Waals surface area contributed by atoms with Crippen molar-refractivity contribution in [3.05, 3.63) is 51.6 Å². The van der Waals surface area contributed by atoms with Crippen LogP contribution in [0.5, 0.6) is 0 Å². The Morgan fingerprint density at radius 3 is 2.62 bits per heavy atom. The number of aliphatic hydroxyl groups excluding tert-OH is 1. The maximum Gasteiger partial charge on any atom is 0.348 e. The fraction of sp³-hybridized carbons (Fsp3) is 0.429. The van der Waals surface area contributed by atoms with Gasteiger partial charge in [-0.25, -0.2) is 4.79 Å². The normalized spacial score (nSPS) is 13.0. The van der Waals surface area contributed by atoms with Crippen LogP contribution in [0.15, 0.2) is 34.1 Å². The molecule has 154 valence electrons. The fourth-order valence-electron chi connectivity index (χ4n) is 3.45. The van der Waals surface area contributed by atoms with Gasteiger partial charge in [-0.2, -0.15) is 4.98 Å². The van der Waals surface area contributed by atoms with Crippen LogP contribution >= 0.6 is 11.8 Å². The van der Waals surface area contributed by atoms with Crippen molar-refractivity contribution >= 4 is 29.1 Å². The van der Waals surface area contributed by atoms with Gasteiger partial charge in [-0.3, -0.25) is 14.2 Å². The number of aromatic nitrogens is 2. The summed E-state index contributed by atoms with van der Waals surface area (Å²) in [5, 5.41) is 12.5. The quantitative estimate of drug-likeness (QED) is 0.390. The highest BCUT2D eigenvalue weighted by Crippen LogP contribution is 2.28. The highest BCUT2D eigenvalue weighted by atomic mass is 32.2. The van der Waals surface area contributed by atoms with E-state index in [0.29, 0.717) is 29.2 Å². The van der Waals surface area contributed by atoms with E-state index in [4.69, 9.17) is 5.11 Å². The minimum absolute atomic E-state index is 0.0250. The predicted octanol–water partition coefficient (Wildman–Crippen LogP) is 2.44. The maximum absolute atomic E-state index is 12.5. The van der Waals surface area contributed by atoms with E-state index < -0.39 is 0 Å². The molecule has 2 N–H and O–H groups in total. The molecular formula is C21H25N3O4S. The lowest BCUT2D eigenvalue weighted by molar-refractivity contribution is -0.113. The van der Waals surface area contributed by atoms with Crippen molar-refractivity contribution in [2.24, 2.45) is 0 Å². The van der Waals surface area contributed by atoms with Gasteiger partial charge >= 0.3 is 5.69 Å². The number of nitrogens with zero attached hydrogens (tertiary/aromatic N) is 2. The molecule has 0 saturated carbocycles. The number of hydrogen-bond acceptors (Lipinski definition) is 6. The van der Waals surface area contributed by atoms with E-state index in [1.54, 1.807) is 28.8 Å². The lowest BCUT2D eigenvalue weighted by Crippen LogP contribution is -2.30. The lowest BCUT2D eigenvalue weighted by Gasteiger charge is -2.22.